The molecule has 0 fully saturated rings. The van der Waals surface area contributed by atoms with E-state index in [0.29, 0.717) is 23.4 Å². The molecule has 148 valence electrons. The molecular weight excluding hydrogens is 374 g/mol. The molecule has 1 amide bonds. The number of benzene rings is 1. The highest BCUT2D eigenvalue weighted by Gasteiger charge is 2.34. The van der Waals surface area contributed by atoms with Crippen LogP contribution in [0.25, 0.3) is 10.2 Å². The maximum Gasteiger partial charge on any atom is 0.279 e. The van der Waals surface area contributed by atoms with E-state index in [4.69, 9.17) is 9.26 Å². The number of rotatable bonds is 4. The number of carbonyl (C=O) groups excluding carboxylic acids is 1. The number of carbonyl (C=O) groups is 1. The number of ether oxygens (including phenoxy) is 1. The zero-order valence-electron chi connectivity index (χ0n) is 16.7. The molecule has 2 aromatic heterocycles. The SMILES string of the molecule is CCOc1cccc2sc(NC(=O)c3noc4c3CC(C(C)(C)C)CC4)nc12. The molecule has 0 spiro atoms. The summed E-state index contributed by atoms with van der Waals surface area (Å²) >= 11 is 1.42. The number of para-hydroxylation sites is 1. The van der Waals surface area contributed by atoms with Crippen LogP contribution in [0, 0.1) is 11.3 Å². The number of amides is 1. The highest BCUT2D eigenvalue weighted by molar-refractivity contribution is 7.22. The quantitative estimate of drug-likeness (QED) is 0.661. The summed E-state index contributed by atoms with van der Waals surface area (Å²) in [5, 5.41) is 7.51. The topological polar surface area (TPSA) is 77.2 Å². The van der Waals surface area contributed by atoms with Crippen LogP contribution < -0.4 is 10.1 Å². The summed E-state index contributed by atoms with van der Waals surface area (Å²) in [5.41, 5.74) is 2.28. The Morgan fingerprint density at radius 3 is 2.96 bits per heavy atom. The van der Waals surface area contributed by atoms with Gasteiger partial charge in [0.1, 0.15) is 17.0 Å². The molecule has 1 atom stereocenters. The van der Waals surface area contributed by atoms with Gasteiger partial charge in [0.25, 0.3) is 5.91 Å². The summed E-state index contributed by atoms with van der Waals surface area (Å²) in [6.07, 6.45) is 2.71. The van der Waals surface area contributed by atoms with Crippen molar-refractivity contribution in [3.8, 4) is 5.75 Å². The van der Waals surface area contributed by atoms with Crippen LogP contribution in [0.4, 0.5) is 5.13 Å². The van der Waals surface area contributed by atoms with Crippen LogP contribution in [0.3, 0.4) is 0 Å². The fourth-order valence-electron chi connectivity index (χ4n) is 3.73. The van der Waals surface area contributed by atoms with Crippen LogP contribution in [-0.4, -0.2) is 22.7 Å². The van der Waals surface area contributed by atoms with E-state index in [1.54, 1.807) is 0 Å². The Kier molecular flexibility index (Phi) is 4.87. The molecule has 1 unspecified atom stereocenters. The zero-order chi connectivity index (χ0) is 19.9. The first kappa shape index (κ1) is 18.9. The Hall–Kier alpha value is -2.41. The average Bonchev–Trinajstić information content (AvgIpc) is 3.24. The average molecular weight is 400 g/mol. The lowest BCUT2D eigenvalue weighted by Crippen LogP contribution is -2.27. The first-order valence-corrected chi connectivity index (χ1v) is 10.5. The van der Waals surface area contributed by atoms with Gasteiger partial charge in [0.15, 0.2) is 10.8 Å². The molecule has 4 rings (SSSR count). The third kappa shape index (κ3) is 3.51. The Morgan fingerprint density at radius 2 is 2.21 bits per heavy atom. The van der Waals surface area contributed by atoms with Crippen LogP contribution in [0.1, 0.15) is 55.9 Å². The van der Waals surface area contributed by atoms with Crippen molar-refractivity contribution < 1.29 is 14.1 Å². The van der Waals surface area contributed by atoms with Gasteiger partial charge in [-0.15, -0.1) is 0 Å². The molecular formula is C21H25N3O3S. The second kappa shape index (κ2) is 7.20. The molecule has 6 nitrogen and oxygen atoms in total. The molecule has 3 aromatic rings. The van der Waals surface area contributed by atoms with E-state index < -0.39 is 0 Å². The molecule has 2 heterocycles. The van der Waals surface area contributed by atoms with Crippen molar-refractivity contribution in [1.82, 2.24) is 10.1 Å². The minimum Gasteiger partial charge on any atom is -0.492 e. The van der Waals surface area contributed by atoms with Crippen LogP contribution in [0.2, 0.25) is 0 Å². The number of fused-ring (bicyclic) bond motifs is 2. The normalized spacial score (nSPS) is 16.8. The van der Waals surface area contributed by atoms with E-state index in [2.05, 4.69) is 36.2 Å². The van der Waals surface area contributed by atoms with E-state index in [1.807, 2.05) is 25.1 Å². The summed E-state index contributed by atoms with van der Waals surface area (Å²) in [5.74, 6) is 1.80. The number of thiazole rings is 1. The highest BCUT2D eigenvalue weighted by atomic mass is 32.1. The molecule has 1 aromatic carbocycles. The van der Waals surface area contributed by atoms with Crippen molar-refractivity contribution in [1.29, 1.82) is 0 Å². The molecule has 1 aliphatic rings. The monoisotopic (exact) mass is 399 g/mol. The van der Waals surface area contributed by atoms with Gasteiger partial charge in [0, 0.05) is 12.0 Å². The summed E-state index contributed by atoms with van der Waals surface area (Å²) < 4.78 is 12.1. The van der Waals surface area contributed by atoms with E-state index in [9.17, 15) is 4.79 Å². The molecule has 28 heavy (non-hydrogen) atoms. The van der Waals surface area contributed by atoms with E-state index in [-0.39, 0.29) is 11.3 Å². The fraction of sp³-hybridized carbons (Fsp3) is 0.476. The number of nitrogens with one attached hydrogen (secondary N) is 1. The van der Waals surface area contributed by atoms with Crippen molar-refractivity contribution in [2.45, 2.75) is 47.0 Å². The van der Waals surface area contributed by atoms with Crippen LogP contribution >= 0.6 is 11.3 Å². The van der Waals surface area contributed by atoms with Gasteiger partial charge in [-0.25, -0.2) is 4.98 Å². The number of hydrogen-bond donors (Lipinski definition) is 1. The Labute approximate surface area is 168 Å². The number of nitrogens with zero attached hydrogens (tertiary/aromatic N) is 2. The van der Waals surface area contributed by atoms with E-state index in [1.165, 1.54) is 11.3 Å². The number of aromatic nitrogens is 2. The van der Waals surface area contributed by atoms with Crippen molar-refractivity contribution in [2.75, 3.05) is 11.9 Å². The maximum absolute atomic E-state index is 12.9. The van der Waals surface area contributed by atoms with Gasteiger partial charge >= 0.3 is 0 Å². The number of anilines is 1. The van der Waals surface area contributed by atoms with Gasteiger partial charge in [-0.3, -0.25) is 10.1 Å². The number of hydrogen-bond acceptors (Lipinski definition) is 6. The fourth-order valence-corrected chi connectivity index (χ4v) is 4.61. The highest BCUT2D eigenvalue weighted by Crippen LogP contribution is 2.39. The smallest absolute Gasteiger partial charge is 0.279 e. The third-order valence-electron chi connectivity index (χ3n) is 5.38. The Balaban J connectivity index is 1.58. The first-order valence-electron chi connectivity index (χ1n) is 9.68. The lowest BCUT2D eigenvalue weighted by molar-refractivity contribution is 0.101. The molecule has 0 aliphatic heterocycles. The standard InChI is InChI=1S/C21H25N3O3S/c1-5-26-15-7-6-8-16-18(15)22-20(28-16)23-19(25)17-13-11-12(21(2,3)4)9-10-14(13)27-24-17/h6-8,12H,5,9-11H2,1-4H3,(H,22,23,25). The summed E-state index contributed by atoms with van der Waals surface area (Å²) in [4.78, 5) is 17.4. The summed E-state index contributed by atoms with van der Waals surface area (Å²) in [7, 11) is 0. The van der Waals surface area contributed by atoms with Crippen molar-refractivity contribution in [2.24, 2.45) is 11.3 Å². The largest absolute Gasteiger partial charge is 0.492 e. The molecule has 0 radical (unpaired) electrons. The Bertz CT molecular complexity index is 1020. The number of aryl methyl sites for hydroxylation is 1. The zero-order valence-corrected chi connectivity index (χ0v) is 17.5. The summed E-state index contributed by atoms with van der Waals surface area (Å²) in [6.45, 7) is 9.23. The lowest BCUT2D eigenvalue weighted by Gasteiger charge is -2.33. The minimum absolute atomic E-state index is 0.186. The predicted molar refractivity (Wildman–Crippen MR) is 110 cm³/mol. The van der Waals surface area contributed by atoms with Crippen molar-refractivity contribution in [3.05, 3.63) is 35.2 Å². The van der Waals surface area contributed by atoms with Crippen LogP contribution in [0.5, 0.6) is 5.75 Å². The maximum atomic E-state index is 12.9. The van der Waals surface area contributed by atoms with Gasteiger partial charge in [-0.2, -0.15) is 0 Å². The van der Waals surface area contributed by atoms with Crippen molar-refractivity contribution in [3.63, 3.8) is 0 Å². The Morgan fingerprint density at radius 1 is 1.39 bits per heavy atom. The van der Waals surface area contributed by atoms with E-state index in [0.717, 1.165) is 46.6 Å². The summed E-state index contributed by atoms with van der Waals surface area (Å²) in [6, 6.07) is 5.78. The van der Waals surface area contributed by atoms with Gasteiger partial charge in [-0.1, -0.05) is 43.3 Å². The molecule has 0 saturated carbocycles. The first-order chi connectivity index (χ1) is 13.4. The second-order valence-electron chi connectivity index (χ2n) is 8.25. The van der Waals surface area contributed by atoms with Gasteiger partial charge in [-0.05, 0) is 43.2 Å². The van der Waals surface area contributed by atoms with Crippen molar-refractivity contribution >= 4 is 32.6 Å². The molecule has 7 heteroatoms. The molecule has 1 aliphatic carbocycles. The predicted octanol–water partition coefficient (Wildman–Crippen LogP) is 5.09. The van der Waals surface area contributed by atoms with Gasteiger partial charge in [0.05, 0.1) is 11.3 Å². The van der Waals surface area contributed by atoms with Gasteiger partial charge < -0.3 is 9.26 Å². The van der Waals surface area contributed by atoms with E-state index >= 15 is 0 Å². The minimum atomic E-state index is -0.267. The van der Waals surface area contributed by atoms with Gasteiger partial charge in [0.2, 0.25) is 0 Å². The van der Waals surface area contributed by atoms with Crippen LogP contribution in [0.15, 0.2) is 22.7 Å². The second-order valence-corrected chi connectivity index (χ2v) is 9.28. The molecule has 0 saturated heterocycles. The third-order valence-corrected chi connectivity index (χ3v) is 6.32. The molecule has 1 N–H and O–H groups in total. The lowest BCUT2D eigenvalue weighted by atomic mass is 9.71. The van der Waals surface area contributed by atoms with Crippen LogP contribution in [-0.2, 0) is 12.8 Å². The molecule has 0 bridgehead atoms.